The van der Waals surface area contributed by atoms with Crippen molar-refractivity contribution in [3.05, 3.63) is 58.9 Å². The second-order valence-electron chi connectivity index (χ2n) is 4.86. The molecule has 0 atom stereocenters. The van der Waals surface area contributed by atoms with Gasteiger partial charge in [0.25, 0.3) is 0 Å². The third kappa shape index (κ3) is 3.44. The van der Waals surface area contributed by atoms with Crippen molar-refractivity contribution in [3.8, 4) is 0 Å². The number of carbonyl (C=O) groups excluding carboxylic acids is 1. The van der Waals surface area contributed by atoms with E-state index in [2.05, 4.69) is 10.3 Å². The zero-order valence-corrected chi connectivity index (χ0v) is 12.5. The molecule has 0 bridgehead atoms. The number of aromatic carboxylic acids is 1. The molecule has 22 heavy (non-hydrogen) atoms. The summed E-state index contributed by atoms with van der Waals surface area (Å²) < 4.78 is 0. The SMILES string of the molecule is CCc1[nH]c(C(=O)O)c(/C=C/C(=O)Nc2ccccc2)c1C. The number of aromatic amines is 1. The fraction of sp³-hybridized carbons (Fsp3) is 0.176. The van der Waals surface area contributed by atoms with Gasteiger partial charge in [0.1, 0.15) is 5.69 Å². The van der Waals surface area contributed by atoms with E-state index >= 15 is 0 Å². The Morgan fingerprint density at radius 1 is 1.27 bits per heavy atom. The Labute approximate surface area is 128 Å². The number of rotatable bonds is 5. The van der Waals surface area contributed by atoms with Gasteiger partial charge in [0.15, 0.2) is 0 Å². The maximum Gasteiger partial charge on any atom is 0.352 e. The molecule has 0 spiro atoms. The summed E-state index contributed by atoms with van der Waals surface area (Å²) in [6, 6.07) is 9.08. The second-order valence-corrected chi connectivity index (χ2v) is 4.86. The van der Waals surface area contributed by atoms with E-state index in [9.17, 15) is 14.7 Å². The third-order valence-electron chi connectivity index (χ3n) is 3.41. The summed E-state index contributed by atoms with van der Waals surface area (Å²) in [5.74, 6) is -1.34. The summed E-state index contributed by atoms with van der Waals surface area (Å²) >= 11 is 0. The molecule has 1 aromatic carbocycles. The highest BCUT2D eigenvalue weighted by Gasteiger charge is 2.16. The van der Waals surface area contributed by atoms with E-state index in [4.69, 9.17) is 0 Å². The minimum absolute atomic E-state index is 0.109. The summed E-state index contributed by atoms with van der Waals surface area (Å²) in [5, 5.41) is 12.0. The van der Waals surface area contributed by atoms with Crippen molar-refractivity contribution in [1.29, 1.82) is 0 Å². The van der Waals surface area contributed by atoms with Crippen LogP contribution in [0.5, 0.6) is 0 Å². The molecule has 0 aliphatic heterocycles. The Morgan fingerprint density at radius 2 is 1.95 bits per heavy atom. The van der Waals surface area contributed by atoms with Gasteiger partial charge in [-0.1, -0.05) is 25.1 Å². The average Bonchev–Trinajstić information content (AvgIpc) is 2.82. The van der Waals surface area contributed by atoms with Crippen molar-refractivity contribution in [2.24, 2.45) is 0 Å². The van der Waals surface area contributed by atoms with Gasteiger partial charge in [-0.2, -0.15) is 0 Å². The molecule has 1 amide bonds. The summed E-state index contributed by atoms with van der Waals surface area (Å²) in [7, 11) is 0. The Balaban J connectivity index is 2.21. The molecule has 0 aliphatic rings. The summed E-state index contributed by atoms with van der Waals surface area (Å²) in [5.41, 5.74) is 3.05. The van der Waals surface area contributed by atoms with Crippen LogP contribution in [0.3, 0.4) is 0 Å². The lowest BCUT2D eigenvalue weighted by Gasteiger charge is -2.01. The van der Waals surface area contributed by atoms with E-state index in [0.29, 0.717) is 17.7 Å². The second kappa shape index (κ2) is 6.76. The minimum Gasteiger partial charge on any atom is -0.477 e. The highest BCUT2D eigenvalue weighted by Crippen LogP contribution is 2.20. The number of carboxylic acid groups (broad SMARTS) is 1. The van der Waals surface area contributed by atoms with Gasteiger partial charge >= 0.3 is 5.97 Å². The van der Waals surface area contributed by atoms with Crippen molar-refractivity contribution in [3.63, 3.8) is 0 Å². The van der Waals surface area contributed by atoms with Gasteiger partial charge in [-0.3, -0.25) is 4.79 Å². The normalized spacial score (nSPS) is 10.8. The lowest BCUT2D eigenvalue weighted by Crippen LogP contribution is -2.07. The quantitative estimate of drug-likeness (QED) is 0.741. The first-order valence-electron chi connectivity index (χ1n) is 7.01. The van der Waals surface area contributed by atoms with Crippen molar-refractivity contribution in [2.45, 2.75) is 20.3 Å². The number of hydrogen-bond acceptors (Lipinski definition) is 2. The minimum atomic E-state index is -1.04. The standard InChI is InChI=1S/C17H18N2O3/c1-3-14-11(2)13(16(19-14)17(21)22)9-10-15(20)18-12-7-5-4-6-8-12/h4-10,19H,3H2,1-2H3,(H,18,20)(H,21,22)/b10-9+. The molecular formula is C17H18N2O3. The Morgan fingerprint density at radius 3 is 2.55 bits per heavy atom. The molecule has 2 rings (SSSR count). The number of carboxylic acids is 1. The number of benzene rings is 1. The van der Waals surface area contributed by atoms with E-state index in [1.54, 1.807) is 12.1 Å². The Hall–Kier alpha value is -2.82. The fourth-order valence-electron chi connectivity index (χ4n) is 2.26. The topological polar surface area (TPSA) is 82.2 Å². The fourth-order valence-corrected chi connectivity index (χ4v) is 2.26. The predicted octanol–water partition coefficient (Wildman–Crippen LogP) is 3.24. The van der Waals surface area contributed by atoms with Crippen LogP contribution in [0.15, 0.2) is 36.4 Å². The third-order valence-corrected chi connectivity index (χ3v) is 3.41. The van der Waals surface area contributed by atoms with Gasteiger partial charge in [0.2, 0.25) is 5.91 Å². The first-order chi connectivity index (χ1) is 10.5. The zero-order chi connectivity index (χ0) is 16.1. The van der Waals surface area contributed by atoms with Crippen LogP contribution in [-0.4, -0.2) is 22.0 Å². The largest absolute Gasteiger partial charge is 0.477 e. The number of H-pyrrole nitrogens is 1. The van der Waals surface area contributed by atoms with Crippen LogP contribution in [0.4, 0.5) is 5.69 Å². The molecule has 0 radical (unpaired) electrons. The molecule has 5 nitrogen and oxygen atoms in total. The molecule has 1 heterocycles. The van der Waals surface area contributed by atoms with Gasteiger partial charge < -0.3 is 15.4 Å². The van der Waals surface area contributed by atoms with Crippen molar-refractivity contribution < 1.29 is 14.7 Å². The van der Waals surface area contributed by atoms with Crippen LogP contribution in [0.1, 0.15) is 34.2 Å². The van der Waals surface area contributed by atoms with Crippen LogP contribution in [0.25, 0.3) is 6.08 Å². The van der Waals surface area contributed by atoms with Crippen LogP contribution >= 0.6 is 0 Å². The van der Waals surface area contributed by atoms with Crippen LogP contribution in [0, 0.1) is 6.92 Å². The van der Waals surface area contributed by atoms with Gasteiger partial charge in [-0.05, 0) is 37.1 Å². The summed E-state index contributed by atoms with van der Waals surface area (Å²) in [6.07, 6.45) is 3.58. The molecule has 0 fully saturated rings. The summed E-state index contributed by atoms with van der Waals surface area (Å²) in [6.45, 7) is 3.79. The molecule has 0 saturated heterocycles. The maximum atomic E-state index is 11.9. The average molecular weight is 298 g/mol. The first kappa shape index (κ1) is 15.6. The first-order valence-corrected chi connectivity index (χ1v) is 7.01. The number of hydrogen-bond donors (Lipinski definition) is 3. The van der Waals surface area contributed by atoms with Crippen molar-refractivity contribution in [1.82, 2.24) is 4.98 Å². The van der Waals surface area contributed by atoms with Crippen molar-refractivity contribution >= 4 is 23.6 Å². The highest BCUT2D eigenvalue weighted by atomic mass is 16.4. The van der Waals surface area contributed by atoms with E-state index in [-0.39, 0.29) is 11.6 Å². The lowest BCUT2D eigenvalue weighted by atomic mass is 10.1. The predicted molar refractivity (Wildman–Crippen MR) is 86.0 cm³/mol. The number of amides is 1. The molecule has 5 heteroatoms. The van der Waals surface area contributed by atoms with E-state index in [1.165, 1.54) is 12.2 Å². The molecule has 2 aromatic rings. The van der Waals surface area contributed by atoms with Crippen LogP contribution in [0.2, 0.25) is 0 Å². The maximum absolute atomic E-state index is 11.9. The van der Waals surface area contributed by atoms with Crippen LogP contribution < -0.4 is 5.32 Å². The number of carbonyl (C=O) groups is 2. The molecule has 114 valence electrons. The molecule has 3 N–H and O–H groups in total. The number of para-hydroxylation sites is 1. The van der Waals surface area contributed by atoms with Crippen molar-refractivity contribution in [2.75, 3.05) is 5.32 Å². The van der Waals surface area contributed by atoms with E-state index < -0.39 is 5.97 Å². The van der Waals surface area contributed by atoms with E-state index in [1.807, 2.05) is 32.0 Å². The smallest absolute Gasteiger partial charge is 0.352 e. The molecule has 0 unspecified atom stereocenters. The molecular weight excluding hydrogens is 280 g/mol. The molecule has 0 saturated carbocycles. The number of aryl methyl sites for hydroxylation is 1. The number of aromatic nitrogens is 1. The monoisotopic (exact) mass is 298 g/mol. The Kier molecular flexibility index (Phi) is 4.78. The van der Waals surface area contributed by atoms with E-state index in [0.717, 1.165) is 11.3 Å². The van der Waals surface area contributed by atoms with Gasteiger partial charge in [-0.25, -0.2) is 4.79 Å². The van der Waals surface area contributed by atoms with Gasteiger partial charge in [0, 0.05) is 23.0 Å². The zero-order valence-electron chi connectivity index (χ0n) is 12.5. The van der Waals surface area contributed by atoms with Gasteiger partial charge in [-0.15, -0.1) is 0 Å². The number of anilines is 1. The molecule has 0 aliphatic carbocycles. The van der Waals surface area contributed by atoms with Gasteiger partial charge in [0.05, 0.1) is 0 Å². The lowest BCUT2D eigenvalue weighted by molar-refractivity contribution is -0.111. The highest BCUT2D eigenvalue weighted by molar-refractivity contribution is 6.03. The molecule has 1 aromatic heterocycles. The van der Waals surface area contributed by atoms with Crippen LogP contribution in [-0.2, 0) is 11.2 Å². The summed E-state index contributed by atoms with van der Waals surface area (Å²) in [4.78, 5) is 26.1. The Bertz CT molecular complexity index is 715. The number of nitrogens with one attached hydrogen (secondary N) is 2.